The summed E-state index contributed by atoms with van der Waals surface area (Å²) >= 11 is 3.40. The molecule has 19 heavy (non-hydrogen) atoms. The molecule has 1 fully saturated rings. The number of likely N-dealkylation sites (N-methyl/N-ethyl adjacent to an activating group) is 1. The number of hydrogen-bond acceptors (Lipinski definition) is 5. The number of nitrogens with zero attached hydrogens (tertiary/aromatic N) is 4. The molecule has 0 amide bonds. The van der Waals surface area contributed by atoms with Gasteiger partial charge in [-0.1, -0.05) is 6.92 Å². The Hall–Kier alpha value is -0.880. The fourth-order valence-corrected chi connectivity index (χ4v) is 2.83. The molecule has 1 saturated heterocycles. The second kappa shape index (κ2) is 6.52. The van der Waals surface area contributed by atoms with Gasteiger partial charge in [-0.3, -0.25) is 0 Å². The van der Waals surface area contributed by atoms with E-state index in [1.165, 1.54) is 0 Å². The van der Waals surface area contributed by atoms with Crippen LogP contribution in [-0.4, -0.2) is 54.7 Å². The maximum Gasteiger partial charge on any atom is 0.232 e. The normalized spacial score (nSPS) is 21.3. The Balaban J connectivity index is 2.27. The summed E-state index contributed by atoms with van der Waals surface area (Å²) < 4.78 is 6.05. The van der Waals surface area contributed by atoms with Gasteiger partial charge in [-0.15, -0.1) is 0 Å². The lowest BCUT2D eigenvalue weighted by molar-refractivity contribution is 0.327. The third kappa shape index (κ3) is 3.36. The average Bonchev–Trinajstić information content (AvgIpc) is 2.60. The van der Waals surface area contributed by atoms with Crippen molar-refractivity contribution < 1.29 is 4.74 Å². The Bertz CT molecular complexity index is 429. The molecular weight excluding hydrogens is 308 g/mol. The maximum absolute atomic E-state index is 5.26. The number of rotatable bonds is 3. The molecule has 1 atom stereocenters. The molecule has 6 heteroatoms. The molecular formula is C13H21BrN4O. The SMILES string of the molecule is CCC1CN(C)CCCN1c1ncc(Br)c(OC)n1. The van der Waals surface area contributed by atoms with Crippen molar-refractivity contribution in [2.75, 3.05) is 38.7 Å². The van der Waals surface area contributed by atoms with Gasteiger partial charge in [-0.25, -0.2) is 4.98 Å². The highest BCUT2D eigenvalue weighted by Crippen LogP contribution is 2.25. The molecule has 0 radical (unpaired) electrons. The van der Waals surface area contributed by atoms with Crippen LogP contribution in [0.5, 0.6) is 5.88 Å². The van der Waals surface area contributed by atoms with Crippen LogP contribution in [0.25, 0.3) is 0 Å². The van der Waals surface area contributed by atoms with Crippen molar-refractivity contribution in [3.63, 3.8) is 0 Å². The third-order valence-electron chi connectivity index (χ3n) is 3.52. The van der Waals surface area contributed by atoms with Crippen LogP contribution in [0.3, 0.4) is 0 Å². The summed E-state index contributed by atoms with van der Waals surface area (Å²) in [5.41, 5.74) is 0. The van der Waals surface area contributed by atoms with Gasteiger partial charge in [0.15, 0.2) is 0 Å². The first-order valence-corrected chi connectivity index (χ1v) is 7.46. The van der Waals surface area contributed by atoms with E-state index in [1.807, 2.05) is 0 Å². The van der Waals surface area contributed by atoms with Crippen LogP contribution in [0.2, 0.25) is 0 Å². The lowest BCUT2D eigenvalue weighted by Crippen LogP contribution is -2.40. The van der Waals surface area contributed by atoms with Gasteiger partial charge in [0.05, 0.1) is 17.8 Å². The minimum atomic E-state index is 0.457. The first kappa shape index (κ1) is 14.5. The molecule has 0 aromatic carbocycles. The molecule has 106 valence electrons. The van der Waals surface area contributed by atoms with Crippen LogP contribution in [0, 0.1) is 0 Å². The minimum absolute atomic E-state index is 0.457. The Morgan fingerprint density at radius 1 is 1.47 bits per heavy atom. The fraction of sp³-hybridized carbons (Fsp3) is 0.692. The van der Waals surface area contributed by atoms with E-state index in [4.69, 9.17) is 4.74 Å². The average molecular weight is 329 g/mol. The van der Waals surface area contributed by atoms with Crippen molar-refractivity contribution in [3.05, 3.63) is 10.7 Å². The molecule has 0 aliphatic carbocycles. The lowest BCUT2D eigenvalue weighted by atomic mass is 10.2. The van der Waals surface area contributed by atoms with Crippen LogP contribution in [0.1, 0.15) is 19.8 Å². The van der Waals surface area contributed by atoms with Gasteiger partial charge in [-0.2, -0.15) is 4.98 Å². The first-order valence-electron chi connectivity index (χ1n) is 6.67. The molecule has 1 aromatic heterocycles. The van der Waals surface area contributed by atoms with E-state index in [-0.39, 0.29) is 0 Å². The van der Waals surface area contributed by atoms with Gasteiger partial charge in [0, 0.05) is 19.1 Å². The van der Waals surface area contributed by atoms with E-state index in [1.54, 1.807) is 13.3 Å². The second-order valence-electron chi connectivity index (χ2n) is 4.90. The highest BCUT2D eigenvalue weighted by Gasteiger charge is 2.24. The number of anilines is 1. The molecule has 0 saturated carbocycles. The molecule has 1 aliphatic heterocycles. The lowest BCUT2D eigenvalue weighted by Gasteiger charge is -2.30. The topological polar surface area (TPSA) is 41.5 Å². The Morgan fingerprint density at radius 2 is 2.26 bits per heavy atom. The van der Waals surface area contributed by atoms with Gasteiger partial charge < -0.3 is 14.5 Å². The quantitative estimate of drug-likeness (QED) is 0.850. The predicted molar refractivity (Wildman–Crippen MR) is 79.8 cm³/mol. The van der Waals surface area contributed by atoms with Crippen LogP contribution >= 0.6 is 15.9 Å². The number of ether oxygens (including phenoxy) is 1. The standard InChI is InChI=1S/C13H21BrN4O/c1-4-10-9-17(2)6-5-7-18(10)13-15-8-11(14)12(16-13)19-3/h8,10H,4-7,9H2,1-3H3. The molecule has 1 aliphatic rings. The van der Waals surface area contributed by atoms with Crippen molar-refractivity contribution >= 4 is 21.9 Å². The Kier molecular flexibility index (Phi) is 4.99. The van der Waals surface area contributed by atoms with Gasteiger partial charge in [-0.05, 0) is 42.4 Å². The zero-order valence-corrected chi connectivity index (χ0v) is 13.4. The largest absolute Gasteiger partial charge is 0.480 e. The molecule has 2 heterocycles. The smallest absolute Gasteiger partial charge is 0.232 e. The van der Waals surface area contributed by atoms with E-state index in [0.29, 0.717) is 11.9 Å². The monoisotopic (exact) mass is 328 g/mol. The Morgan fingerprint density at radius 3 is 2.95 bits per heavy atom. The maximum atomic E-state index is 5.26. The van der Waals surface area contributed by atoms with Crippen molar-refractivity contribution in [1.82, 2.24) is 14.9 Å². The highest BCUT2D eigenvalue weighted by molar-refractivity contribution is 9.10. The van der Waals surface area contributed by atoms with Crippen LogP contribution < -0.4 is 9.64 Å². The van der Waals surface area contributed by atoms with Crippen molar-refractivity contribution in [1.29, 1.82) is 0 Å². The van der Waals surface area contributed by atoms with Gasteiger partial charge in [0.25, 0.3) is 0 Å². The van der Waals surface area contributed by atoms with E-state index in [9.17, 15) is 0 Å². The van der Waals surface area contributed by atoms with E-state index in [2.05, 4.69) is 49.7 Å². The zero-order valence-electron chi connectivity index (χ0n) is 11.8. The second-order valence-corrected chi connectivity index (χ2v) is 5.75. The zero-order chi connectivity index (χ0) is 13.8. The predicted octanol–water partition coefficient (Wildman–Crippen LogP) is 2.17. The molecule has 0 spiro atoms. The molecule has 2 rings (SSSR count). The van der Waals surface area contributed by atoms with E-state index in [0.717, 1.165) is 42.9 Å². The third-order valence-corrected chi connectivity index (χ3v) is 4.07. The molecule has 5 nitrogen and oxygen atoms in total. The van der Waals surface area contributed by atoms with Crippen LogP contribution in [0.15, 0.2) is 10.7 Å². The van der Waals surface area contributed by atoms with Crippen LogP contribution in [-0.2, 0) is 0 Å². The van der Waals surface area contributed by atoms with Crippen molar-refractivity contribution in [3.8, 4) is 5.88 Å². The summed E-state index contributed by atoms with van der Waals surface area (Å²) in [6.45, 7) is 5.39. The van der Waals surface area contributed by atoms with Gasteiger partial charge >= 0.3 is 0 Å². The fourth-order valence-electron chi connectivity index (χ4n) is 2.48. The van der Waals surface area contributed by atoms with Crippen LogP contribution in [0.4, 0.5) is 5.95 Å². The van der Waals surface area contributed by atoms with E-state index >= 15 is 0 Å². The van der Waals surface area contributed by atoms with Gasteiger partial charge in [0.2, 0.25) is 11.8 Å². The van der Waals surface area contributed by atoms with Crippen molar-refractivity contribution in [2.24, 2.45) is 0 Å². The summed E-state index contributed by atoms with van der Waals surface area (Å²) in [5.74, 6) is 1.36. The van der Waals surface area contributed by atoms with Gasteiger partial charge in [0.1, 0.15) is 0 Å². The molecule has 1 aromatic rings. The summed E-state index contributed by atoms with van der Waals surface area (Å²) in [7, 11) is 3.81. The number of hydrogen-bond donors (Lipinski definition) is 0. The first-order chi connectivity index (χ1) is 9.15. The minimum Gasteiger partial charge on any atom is -0.480 e. The molecule has 1 unspecified atom stereocenters. The number of halogens is 1. The van der Waals surface area contributed by atoms with E-state index < -0.39 is 0 Å². The highest BCUT2D eigenvalue weighted by atomic mass is 79.9. The number of methoxy groups -OCH3 is 1. The summed E-state index contributed by atoms with van der Waals surface area (Å²) in [4.78, 5) is 13.6. The molecule has 0 N–H and O–H groups in total. The Labute approximate surface area is 123 Å². The summed E-state index contributed by atoms with van der Waals surface area (Å²) in [5, 5.41) is 0. The van der Waals surface area contributed by atoms with Crippen molar-refractivity contribution in [2.45, 2.75) is 25.8 Å². The number of aromatic nitrogens is 2. The molecule has 0 bridgehead atoms. The summed E-state index contributed by atoms with van der Waals surface area (Å²) in [6, 6.07) is 0.457. The summed E-state index contributed by atoms with van der Waals surface area (Å²) in [6.07, 6.45) is 3.99.